The third kappa shape index (κ3) is 3.28. The van der Waals surface area contributed by atoms with Crippen LogP contribution in [0.5, 0.6) is 0 Å². The number of furan rings is 1. The van der Waals surface area contributed by atoms with Crippen molar-refractivity contribution in [1.82, 2.24) is 15.2 Å². The van der Waals surface area contributed by atoms with Crippen molar-refractivity contribution in [2.75, 3.05) is 6.61 Å². The third-order valence-corrected chi connectivity index (χ3v) is 4.50. The van der Waals surface area contributed by atoms with Crippen LogP contribution >= 0.6 is 0 Å². The predicted octanol–water partition coefficient (Wildman–Crippen LogP) is 1.42. The first-order valence-corrected chi connectivity index (χ1v) is 8.37. The summed E-state index contributed by atoms with van der Waals surface area (Å²) in [5.41, 5.74) is 0.806. The monoisotopic (exact) mass is 341 g/mol. The van der Waals surface area contributed by atoms with Gasteiger partial charge in [0.2, 0.25) is 5.91 Å². The molecular formula is C18H19N3O4. The molecule has 1 aliphatic heterocycles. The molecule has 3 heterocycles. The van der Waals surface area contributed by atoms with Gasteiger partial charge in [-0.25, -0.2) is 0 Å². The Morgan fingerprint density at radius 3 is 2.88 bits per heavy atom. The van der Waals surface area contributed by atoms with Crippen LogP contribution < -0.4 is 5.32 Å². The smallest absolute Gasteiger partial charge is 0.252 e. The predicted molar refractivity (Wildman–Crippen MR) is 87.1 cm³/mol. The molecule has 130 valence electrons. The first-order chi connectivity index (χ1) is 12.2. The van der Waals surface area contributed by atoms with Crippen LogP contribution in [-0.4, -0.2) is 40.5 Å². The minimum atomic E-state index is -0.766. The highest BCUT2D eigenvalue weighted by Gasteiger charge is 2.47. The highest BCUT2D eigenvalue weighted by Crippen LogP contribution is 2.39. The molecule has 2 atom stereocenters. The number of amides is 2. The topological polar surface area (TPSA) is 84.7 Å². The number of ether oxygens (including phenoxy) is 1. The number of rotatable bonds is 5. The quantitative estimate of drug-likeness (QED) is 0.889. The van der Waals surface area contributed by atoms with Crippen molar-refractivity contribution in [3.8, 4) is 0 Å². The number of morpholine rings is 1. The fourth-order valence-corrected chi connectivity index (χ4v) is 3.20. The second-order valence-electron chi connectivity index (χ2n) is 6.29. The molecule has 4 rings (SSSR count). The number of carbonyl (C=O) groups excluding carboxylic acids is 2. The maximum absolute atomic E-state index is 12.7. The van der Waals surface area contributed by atoms with Crippen LogP contribution in [0, 0.1) is 0 Å². The number of hydrogen-bond acceptors (Lipinski definition) is 5. The molecule has 7 nitrogen and oxygen atoms in total. The molecule has 0 aromatic carbocycles. The molecule has 2 aromatic rings. The van der Waals surface area contributed by atoms with Gasteiger partial charge < -0.3 is 19.4 Å². The van der Waals surface area contributed by atoms with E-state index in [9.17, 15) is 9.59 Å². The SMILES string of the molecule is O=C(NCc1ccco1)[C@H]1OCC(=O)N(C2CC2)[C@@H]1c1cccnc1. The number of nitrogens with one attached hydrogen (secondary N) is 1. The Bertz CT molecular complexity index is 743. The van der Waals surface area contributed by atoms with Gasteiger partial charge >= 0.3 is 0 Å². The highest BCUT2D eigenvalue weighted by atomic mass is 16.5. The highest BCUT2D eigenvalue weighted by molar-refractivity contribution is 5.86. The Labute approximate surface area is 145 Å². The molecule has 2 amide bonds. The maximum atomic E-state index is 12.7. The zero-order valence-electron chi connectivity index (χ0n) is 13.6. The molecule has 0 unspecified atom stereocenters. The number of aromatic nitrogens is 1. The van der Waals surface area contributed by atoms with Gasteiger partial charge in [-0.15, -0.1) is 0 Å². The molecule has 0 radical (unpaired) electrons. The molecule has 1 saturated carbocycles. The summed E-state index contributed by atoms with van der Waals surface area (Å²) >= 11 is 0. The van der Waals surface area contributed by atoms with Crippen LogP contribution in [-0.2, 0) is 20.9 Å². The fourth-order valence-electron chi connectivity index (χ4n) is 3.20. The fraction of sp³-hybridized carbons (Fsp3) is 0.389. The van der Waals surface area contributed by atoms with Gasteiger partial charge in [-0.05, 0) is 36.6 Å². The summed E-state index contributed by atoms with van der Waals surface area (Å²) in [4.78, 5) is 31.1. The van der Waals surface area contributed by atoms with E-state index in [0.29, 0.717) is 5.76 Å². The van der Waals surface area contributed by atoms with E-state index in [1.54, 1.807) is 41.8 Å². The lowest BCUT2D eigenvalue weighted by atomic mass is 9.98. The van der Waals surface area contributed by atoms with E-state index in [0.717, 1.165) is 18.4 Å². The van der Waals surface area contributed by atoms with Gasteiger partial charge in [0.05, 0.1) is 18.8 Å². The van der Waals surface area contributed by atoms with Gasteiger partial charge in [0.25, 0.3) is 5.91 Å². The number of pyridine rings is 1. The summed E-state index contributed by atoms with van der Waals surface area (Å²) in [6.07, 6.45) is 6.08. The van der Waals surface area contributed by atoms with Gasteiger partial charge in [-0.1, -0.05) is 6.07 Å². The lowest BCUT2D eigenvalue weighted by Crippen LogP contribution is -2.55. The summed E-state index contributed by atoms with van der Waals surface area (Å²) < 4.78 is 10.9. The van der Waals surface area contributed by atoms with Crippen molar-refractivity contribution in [3.63, 3.8) is 0 Å². The van der Waals surface area contributed by atoms with Crippen LogP contribution in [0.2, 0.25) is 0 Å². The van der Waals surface area contributed by atoms with E-state index in [1.165, 1.54) is 0 Å². The van der Waals surface area contributed by atoms with Crippen LogP contribution in [0.4, 0.5) is 0 Å². The molecule has 2 fully saturated rings. The minimum absolute atomic E-state index is 0.0773. The molecule has 0 bridgehead atoms. The summed E-state index contributed by atoms with van der Waals surface area (Å²) in [6, 6.07) is 6.96. The van der Waals surface area contributed by atoms with E-state index >= 15 is 0 Å². The van der Waals surface area contributed by atoms with Crippen LogP contribution in [0.15, 0.2) is 47.3 Å². The lowest BCUT2D eigenvalue weighted by Gasteiger charge is -2.40. The Morgan fingerprint density at radius 2 is 2.20 bits per heavy atom. The van der Waals surface area contributed by atoms with E-state index in [1.807, 2.05) is 6.07 Å². The minimum Gasteiger partial charge on any atom is -0.467 e. The zero-order chi connectivity index (χ0) is 17.2. The first-order valence-electron chi connectivity index (χ1n) is 8.37. The molecule has 2 aromatic heterocycles. The van der Waals surface area contributed by atoms with E-state index in [-0.39, 0.29) is 31.0 Å². The molecule has 7 heteroatoms. The molecule has 1 aliphatic carbocycles. The van der Waals surface area contributed by atoms with Gasteiger partial charge in [0.1, 0.15) is 12.4 Å². The van der Waals surface area contributed by atoms with Crippen molar-refractivity contribution in [2.24, 2.45) is 0 Å². The number of carbonyl (C=O) groups is 2. The first kappa shape index (κ1) is 15.8. The van der Waals surface area contributed by atoms with Gasteiger partial charge in [0, 0.05) is 18.4 Å². The average molecular weight is 341 g/mol. The van der Waals surface area contributed by atoms with Crippen LogP contribution in [0.25, 0.3) is 0 Å². The van der Waals surface area contributed by atoms with Crippen LogP contribution in [0.3, 0.4) is 0 Å². The van der Waals surface area contributed by atoms with Gasteiger partial charge in [-0.3, -0.25) is 14.6 Å². The number of hydrogen-bond donors (Lipinski definition) is 1. The molecule has 0 spiro atoms. The van der Waals surface area contributed by atoms with Gasteiger partial charge in [-0.2, -0.15) is 0 Å². The summed E-state index contributed by atoms with van der Waals surface area (Å²) in [5, 5.41) is 2.83. The van der Waals surface area contributed by atoms with E-state index in [4.69, 9.17) is 9.15 Å². The van der Waals surface area contributed by atoms with Crippen molar-refractivity contribution in [3.05, 3.63) is 54.2 Å². The van der Waals surface area contributed by atoms with E-state index in [2.05, 4.69) is 10.3 Å². The Balaban J connectivity index is 1.57. The lowest BCUT2D eigenvalue weighted by molar-refractivity contribution is -0.165. The zero-order valence-corrected chi connectivity index (χ0v) is 13.6. The number of nitrogens with zero attached hydrogens (tertiary/aromatic N) is 2. The van der Waals surface area contributed by atoms with E-state index < -0.39 is 12.1 Å². The largest absolute Gasteiger partial charge is 0.467 e. The third-order valence-electron chi connectivity index (χ3n) is 4.50. The Morgan fingerprint density at radius 1 is 1.32 bits per heavy atom. The second kappa shape index (κ2) is 6.68. The Hall–Kier alpha value is -2.67. The van der Waals surface area contributed by atoms with Crippen molar-refractivity contribution < 1.29 is 18.7 Å². The summed E-state index contributed by atoms with van der Waals surface area (Å²) in [7, 11) is 0. The maximum Gasteiger partial charge on any atom is 0.252 e. The van der Waals surface area contributed by atoms with Crippen molar-refractivity contribution in [1.29, 1.82) is 0 Å². The van der Waals surface area contributed by atoms with Gasteiger partial charge in [0.15, 0.2) is 6.10 Å². The summed E-state index contributed by atoms with van der Waals surface area (Å²) in [6.45, 7) is 0.203. The Kier molecular flexibility index (Phi) is 4.23. The van der Waals surface area contributed by atoms with Crippen molar-refractivity contribution in [2.45, 2.75) is 37.6 Å². The molecular weight excluding hydrogens is 322 g/mol. The second-order valence-corrected chi connectivity index (χ2v) is 6.29. The van der Waals surface area contributed by atoms with Crippen LogP contribution in [0.1, 0.15) is 30.2 Å². The molecule has 2 aliphatic rings. The normalized spacial score (nSPS) is 23.5. The summed E-state index contributed by atoms with van der Waals surface area (Å²) in [5.74, 6) is 0.326. The average Bonchev–Trinajstić information content (AvgIpc) is 3.34. The molecule has 1 saturated heterocycles. The standard InChI is InChI=1S/C18H19N3O4/c22-15-11-25-17(18(23)20-10-14-4-2-8-24-14)16(21(15)13-5-6-13)12-3-1-7-19-9-12/h1-4,7-9,13,16-17H,5-6,10-11H2,(H,20,23)/t16-,17+/m1/s1. The molecule has 25 heavy (non-hydrogen) atoms. The molecule has 1 N–H and O–H groups in total. The van der Waals surface area contributed by atoms with Crippen molar-refractivity contribution >= 4 is 11.8 Å².